The van der Waals surface area contributed by atoms with Gasteiger partial charge < -0.3 is 4.74 Å². The van der Waals surface area contributed by atoms with Gasteiger partial charge in [-0.05, 0) is 43.7 Å². The third kappa shape index (κ3) is 3.61. The molecule has 1 atom stereocenters. The van der Waals surface area contributed by atoms with Crippen LogP contribution >= 0.6 is 11.6 Å². The molecule has 8 heteroatoms. The Labute approximate surface area is 151 Å². The largest absolute Gasteiger partial charge is 0.487 e. The van der Waals surface area contributed by atoms with Gasteiger partial charge in [-0.2, -0.15) is 9.57 Å². The van der Waals surface area contributed by atoms with E-state index in [2.05, 4.69) is 4.98 Å². The number of aromatic nitrogens is 1. The van der Waals surface area contributed by atoms with E-state index in [0.717, 1.165) is 5.69 Å². The van der Waals surface area contributed by atoms with Gasteiger partial charge in [0.25, 0.3) is 0 Å². The van der Waals surface area contributed by atoms with Gasteiger partial charge in [-0.1, -0.05) is 11.6 Å². The van der Waals surface area contributed by atoms with Crippen LogP contribution in [0.4, 0.5) is 0 Å². The van der Waals surface area contributed by atoms with Crippen LogP contribution in [0.3, 0.4) is 0 Å². The molecule has 1 fully saturated rings. The van der Waals surface area contributed by atoms with Crippen molar-refractivity contribution < 1.29 is 13.2 Å². The molecule has 0 amide bonds. The molecule has 2 aromatic rings. The molecule has 2 heterocycles. The summed E-state index contributed by atoms with van der Waals surface area (Å²) in [6.45, 7) is 2.38. The lowest BCUT2D eigenvalue weighted by atomic mass is 10.2. The van der Waals surface area contributed by atoms with Crippen molar-refractivity contribution in [2.45, 2.75) is 24.3 Å². The van der Waals surface area contributed by atoms with Crippen LogP contribution in [0.2, 0.25) is 5.02 Å². The highest BCUT2D eigenvalue weighted by Crippen LogP contribution is 2.28. The number of ether oxygens (including phenoxy) is 1. The van der Waals surface area contributed by atoms with Crippen molar-refractivity contribution in [1.29, 1.82) is 5.26 Å². The number of sulfonamides is 1. The molecule has 0 unspecified atom stereocenters. The van der Waals surface area contributed by atoms with Gasteiger partial charge in [0.15, 0.2) is 0 Å². The van der Waals surface area contributed by atoms with E-state index in [1.807, 2.05) is 19.1 Å². The number of halogens is 1. The third-order valence-corrected chi connectivity index (χ3v) is 6.18. The molecule has 3 rings (SSSR count). The highest BCUT2D eigenvalue weighted by Gasteiger charge is 2.35. The van der Waals surface area contributed by atoms with E-state index >= 15 is 0 Å². The minimum absolute atomic E-state index is 0.0688. The maximum atomic E-state index is 12.9. The minimum Gasteiger partial charge on any atom is -0.487 e. The summed E-state index contributed by atoms with van der Waals surface area (Å²) in [6, 6.07) is 9.72. The summed E-state index contributed by atoms with van der Waals surface area (Å²) in [6.07, 6.45) is 1.98. The summed E-state index contributed by atoms with van der Waals surface area (Å²) in [5, 5.41) is 9.46. The lowest BCUT2D eigenvalue weighted by Crippen LogP contribution is -2.31. The highest BCUT2D eigenvalue weighted by atomic mass is 35.5. The van der Waals surface area contributed by atoms with Crippen LogP contribution in [0.1, 0.15) is 17.7 Å². The van der Waals surface area contributed by atoms with Gasteiger partial charge in [0.1, 0.15) is 22.8 Å². The number of hydrogen-bond donors (Lipinski definition) is 0. The summed E-state index contributed by atoms with van der Waals surface area (Å²) in [7, 11) is -3.81. The van der Waals surface area contributed by atoms with Gasteiger partial charge in [0, 0.05) is 17.8 Å². The van der Waals surface area contributed by atoms with E-state index in [9.17, 15) is 13.7 Å². The van der Waals surface area contributed by atoms with Crippen LogP contribution in [-0.4, -0.2) is 36.9 Å². The fourth-order valence-corrected chi connectivity index (χ4v) is 4.62. The third-order valence-electron chi connectivity index (χ3n) is 4.04. The Morgan fingerprint density at radius 1 is 1.40 bits per heavy atom. The second-order valence-corrected chi connectivity index (χ2v) is 8.07. The maximum absolute atomic E-state index is 12.9. The molecule has 130 valence electrons. The average molecular weight is 378 g/mol. The van der Waals surface area contributed by atoms with E-state index in [1.165, 1.54) is 22.5 Å². The Morgan fingerprint density at radius 3 is 2.92 bits per heavy atom. The molecule has 25 heavy (non-hydrogen) atoms. The van der Waals surface area contributed by atoms with Crippen molar-refractivity contribution in [1.82, 2.24) is 9.29 Å². The Bertz CT molecular complexity index is 940. The topological polar surface area (TPSA) is 83.3 Å². The highest BCUT2D eigenvalue weighted by molar-refractivity contribution is 7.89. The lowest BCUT2D eigenvalue weighted by Gasteiger charge is -2.18. The van der Waals surface area contributed by atoms with Gasteiger partial charge >= 0.3 is 0 Å². The van der Waals surface area contributed by atoms with Gasteiger partial charge in [-0.3, -0.25) is 4.98 Å². The van der Waals surface area contributed by atoms with E-state index < -0.39 is 10.0 Å². The van der Waals surface area contributed by atoms with Gasteiger partial charge in [0.2, 0.25) is 10.0 Å². The standard InChI is InChI=1S/C17H16ClN3O3S/c1-12-16(3-2-7-20-12)24-15-6-8-21(11-15)25(22,23)17-9-14(18)5-4-13(17)10-19/h2-5,7,9,15H,6,8,11H2,1H3/t15-/m1/s1. The first-order chi connectivity index (χ1) is 11.9. The molecular weight excluding hydrogens is 362 g/mol. The van der Waals surface area contributed by atoms with E-state index in [4.69, 9.17) is 16.3 Å². The molecule has 0 aliphatic carbocycles. The van der Waals surface area contributed by atoms with Crippen molar-refractivity contribution in [3.63, 3.8) is 0 Å². The number of nitriles is 1. The maximum Gasteiger partial charge on any atom is 0.244 e. The second kappa shape index (κ2) is 7.00. The van der Waals surface area contributed by atoms with Crippen molar-refractivity contribution in [2.75, 3.05) is 13.1 Å². The number of rotatable bonds is 4. The predicted molar refractivity (Wildman–Crippen MR) is 92.9 cm³/mol. The molecule has 1 aliphatic heterocycles. The molecule has 0 saturated carbocycles. The Balaban J connectivity index is 1.81. The summed E-state index contributed by atoms with van der Waals surface area (Å²) >= 11 is 5.92. The number of aryl methyl sites for hydroxylation is 1. The van der Waals surface area contributed by atoms with Crippen LogP contribution in [0.5, 0.6) is 5.75 Å². The SMILES string of the molecule is Cc1ncccc1O[C@@H]1CCN(S(=O)(=O)c2cc(Cl)ccc2C#N)C1. The Morgan fingerprint density at radius 2 is 2.20 bits per heavy atom. The molecule has 1 saturated heterocycles. The summed E-state index contributed by atoms with van der Waals surface area (Å²) in [4.78, 5) is 4.09. The number of hydrogen-bond acceptors (Lipinski definition) is 5. The monoisotopic (exact) mass is 377 g/mol. The molecule has 6 nitrogen and oxygen atoms in total. The van der Waals surface area contributed by atoms with Gasteiger partial charge in [0.05, 0.1) is 17.8 Å². The smallest absolute Gasteiger partial charge is 0.244 e. The minimum atomic E-state index is -3.81. The fourth-order valence-electron chi connectivity index (χ4n) is 2.73. The molecule has 1 aliphatic rings. The average Bonchev–Trinajstić information content (AvgIpc) is 3.06. The quantitative estimate of drug-likeness (QED) is 0.818. The van der Waals surface area contributed by atoms with Gasteiger partial charge in [-0.15, -0.1) is 0 Å². The van der Waals surface area contributed by atoms with Crippen LogP contribution < -0.4 is 4.74 Å². The van der Waals surface area contributed by atoms with Crippen molar-refractivity contribution in [2.24, 2.45) is 0 Å². The van der Waals surface area contributed by atoms with Crippen LogP contribution in [0.15, 0.2) is 41.4 Å². The van der Waals surface area contributed by atoms with Crippen molar-refractivity contribution in [3.8, 4) is 11.8 Å². The number of pyridine rings is 1. The van der Waals surface area contributed by atoms with E-state index in [1.54, 1.807) is 12.3 Å². The Hall–Kier alpha value is -2.14. The molecule has 0 radical (unpaired) electrons. The lowest BCUT2D eigenvalue weighted by molar-refractivity contribution is 0.213. The van der Waals surface area contributed by atoms with Gasteiger partial charge in [-0.25, -0.2) is 8.42 Å². The molecule has 0 N–H and O–H groups in total. The second-order valence-electron chi connectivity index (χ2n) is 5.73. The molecule has 0 spiro atoms. The summed E-state index contributed by atoms with van der Waals surface area (Å²) < 4.78 is 33.0. The first-order valence-corrected chi connectivity index (χ1v) is 9.51. The van der Waals surface area contributed by atoms with Crippen molar-refractivity contribution >= 4 is 21.6 Å². The number of benzene rings is 1. The van der Waals surface area contributed by atoms with Crippen LogP contribution in [0, 0.1) is 18.3 Å². The molecule has 1 aromatic carbocycles. The van der Waals surface area contributed by atoms with E-state index in [-0.39, 0.29) is 28.1 Å². The number of nitrogens with zero attached hydrogens (tertiary/aromatic N) is 3. The van der Waals surface area contributed by atoms with Crippen molar-refractivity contribution in [3.05, 3.63) is 52.8 Å². The molecule has 0 bridgehead atoms. The summed E-state index contributed by atoms with van der Waals surface area (Å²) in [5.74, 6) is 0.646. The first kappa shape index (κ1) is 17.7. The zero-order chi connectivity index (χ0) is 18.0. The van der Waals surface area contributed by atoms with Crippen LogP contribution in [0.25, 0.3) is 0 Å². The molecule has 1 aromatic heterocycles. The fraction of sp³-hybridized carbons (Fsp3) is 0.294. The predicted octanol–water partition coefficient (Wildman–Crippen LogP) is 2.76. The molecular formula is C17H16ClN3O3S. The normalized spacial score (nSPS) is 18.0. The van der Waals surface area contributed by atoms with Crippen LogP contribution in [-0.2, 0) is 10.0 Å². The zero-order valence-electron chi connectivity index (χ0n) is 13.5. The summed E-state index contributed by atoms with van der Waals surface area (Å²) in [5.41, 5.74) is 0.835. The van der Waals surface area contributed by atoms with E-state index in [0.29, 0.717) is 18.7 Å². The zero-order valence-corrected chi connectivity index (χ0v) is 15.1. The first-order valence-electron chi connectivity index (χ1n) is 7.70. The Kier molecular flexibility index (Phi) is 4.95.